The van der Waals surface area contributed by atoms with Crippen LogP contribution in [0.1, 0.15) is 46.0 Å². The van der Waals surface area contributed by atoms with Gasteiger partial charge in [-0.2, -0.15) is 17.4 Å². The zero-order valence-electron chi connectivity index (χ0n) is 12.0. The van der Waals surface area contributed by atoms with Crippen LogP contribution in [0.15, 0.2) is 0 Å². The van der Waals surface area contributed by atoms with Crippen LogP contribution < -0.4 is 10.5 Å². The Balaban J connectivity index is 2.81. The first kappa shape index (κ1) is 16.4. The lowest BCUT2D eigenvalue weighted by Crippen LogP contribution is -2.53. The van der Waals surface area contributed by atoms with E-state index < -0.39 is 16.3 Å². The molecule has 1 fully saturated rings. The Bertz CT molecular complexity index is 402. The highest BCUT2D eigenvalue weighted by molar-refractivity contribution is 7.87. The molecule has 0 radical (unpaired) electrons. The molecule has 0 amide bonds. The molecule has 1 saturated carbocycles. The molecule has 1 unspecified atom stereocenters. The minimum Gasteiger partial charge on any atom is -0.386 e. The Kier molecular flexibility index (Phi) is 5.76. The Morgan fingerprint density at radius 1 is 1.32 bits per heavy atom. The van der Waals surface area contributed by atoms with E-state index in [4.69, 9.17) is 11.1 Å². The molecule has 1 aliphatic carbocycles. The summed E-state index contributed by atoms with van der Waals surface area (Å²) >= 11 is 0. The zero-order chi connectivity index (χ0) is 14.6. The third-order valence-corrected chi connectivity index (χ3v) is 5.57. The second kappa shape index (κ2) is 6.67. The van der Waals surface area contributed by atoms with E-state index in [-0.39, 0.29) is 17.8 Å². The summed E-state index contributed by atoms with van der Waals surface area (Å²) in [5.41, 5.74) is 5.59. The molecule has 0 aromatic rings. The molecule has 0 heterocycles. The lowest BCUT2D eigenvalue weighted by molar-refractivity contribution is 0.320. The number of hydrogen-bond donors (Lipinski definition) is 3. The average molecular weight is 290 g/mol. The van der Waals surface area contributed by atoms with Crippen LogP contribution in [-0.2, 0) is 10.2 Å². The van der Waals surface area contributed by atoms with Crippen molar-refractivity contribution in [1.82, 2.24) is 9.03 Å². The molecule has 1 aliphatic rings. The summed E-state index contributed by atoms with van der Waals surface area (Å²) in [6.45, 7) is 3.62. The molecule has 0 saturated heterocycles. The Hall–Kier alpha value is -0.660. The molecule has 4 N–H and O–H groups in total. The summed E-state index contributed by atoms with van der Waals surface area (Å²) < 4.78 is 28.2. The summed E-state index contributed by atoms with van der Waals surface area (Å²) in [7, 11) is -2.06. The minimum atomic E-state index is -3.59. The Morgan fingerprint density at radius 3 is 2.26 bits per heavy atom. The lowest BCUT2D eigenvalue weighted by Gasteiger charge is -2.32. The van der Waals surface area contributed by atoms with Crippen LogP contribution in [0, 0.1) is 11.3 Å². The Labute approximate surface area is 116 Å². The van der Waals surface area contributed by atoms with E-state index in [1.165, 1.54) is 17.8 Å². The fourth-order valence-corrected chi connectivity index (χ4v) is 3.76. The molecule has 1 rings (SSSR count). The van der Waals surface area contributed by atoms with Gasteiger partial charge < -0.3 is 5.73 Å². The van der Waals surface area contributed by atoms with Gasteiger partial charge in [0.25, 0.3) is 10.2 Å². The first-order valence-electron chi connectivity index (χ1n) is 6.85. The number of nitrogens with two attached hydrogens (primary N) is 1. The van der Waals surface area contributed by atoms with E-state index >= 15 is 0 Å². The lowest BCUT2D eigenvalue weighted by atomic mass is 9.84. The Morgan fingerprint density at radius 2 is 1.84 bits per heavy atom. The first-order valence-corrected chi connectivity index (χ1v) is 8.29. The molecule has 0 spiro atoms. The smallest absolute Gasteiger partial charge is 0.280 e. The monoisotopic (exact) mass is 290 g/mol. The highest BCUT2D eigenvalue weighted by Crippen LogP contribution is 2.27. The largest absolute Gasteiger partial charge is 0.386 e. The summed E-state index contributed by atoms with van der Waals surface area (Å²) in [5, 5.41) is 7.65. The second-order valence-corrected chi connectivity index (χ2v) is 7.33. The van der Waals surface area contributed by atoms with Gasteiger partial charge in [-0.1, -0.05) is 19.3 Å². The number of rotatable bonds is 6. The predicted octanol–water partition coefficient (Wildman–Crippen LogP) is 1.05. The van der Waals surface area contributed by atoms with Crippen molar-refractivity contribution in [1.29, 1.82) is 5.41 Å². The van der Waals surface area contributed by atoms with E-state index in [1.54, 1.807) is 0 Å². The number of nitrogens with one attached hydrogen (secondary N) is 2. The third-order valence-electron chi connectivity index (χ3n) is 3.84. The van der Waals surface area contributed by atoms with Gasteiger partial charge in [-0.15, -0.1) is 0 Å². The van der Waals surface area contributed by atoms with Gasteiger partial charge in [0.1, 0.15) is 5.84 Å². The maximum absolute atomic E-state index is 12.2. The fourth-order valence-electron chi connectivity index (χ4n) is 2.40. The molecule has 0 aliphatic heterocycles. The number of hydrogen-bond acceptors (Lipinski definition) is 3. The molecule has 0 aromatic heterocycles. The van der Waals surface area contributed by atoms with E-state index in [0.717, 1.165) is 25.7 Å². The summed E-state index contributed by atoms with van der Waals surface area (Å²) in [5.74, 6) is 0.0502. The third kappa shape index (κ3) is 4.43. The van der Waals surface area contributed by atoms with Crippen molar-refractivity contribution in [2.75, 3.05) is 7.05 Å². The highest BCUT2D eigenvalue weighted by atomic mass is 32.2. The molecule has 7 heteroatoms. The molecule has 1 atom stereocenters. The van der Waals surface area contributed by atoms with Crippen molar-refractivity contribution < 1.29 is 8.42 Å². The van der Waals surface area contributed by atoms with Crippen molar-refractivity contribution in [3.05, 3.63) is 0 Å². The van der Waals surface area contributed by atoms with Gasteiger partial charge in [0, 0.05) is 13.1 Å². The first-order chi connectivity index (χ1) is 8.75. The van der Waals surface area contributed by atoms with Crippen LogP contribution in [0.5, 0.6) is 0 Å². The summed E-state index contributed by atoms with van der Waals surface area (Å²) in [4.78, 5) is 0. The van der Waals surface area contributed by atoms with Gasteiger partial charge in [0.05, 0.1) is 6.04 Å². The molecule has 0 aromatic carbocycles. The highest BCUT2D eigenvalue weighted by Gasteiger charge is 2.32. The van der Waals surface area contributed by atoms with Crippen LogP contribution in [0.2, 0.25) is 0 Å². The molecular formula is C12H26N4O2S. The van der Waals surface area contributed by atoms with Crippen molar-refractivity contribution >= 4 is 16.0 Å². The van der Waals surface area contributed by atoms with Crippen molar-refractivity contribution in [3.63, 3.8) is 0 Å². The molecule has 19 heavy (non-hydrogen) atoms. The van der Waals surface area contributed by atoms with Gasteiger partial charge in [-0.05, 0) is 32.6 Å². The van der Waals surface area contributed by atoms with E-state index in [0.29, 0.717) is 0 Å². The maximum atomic E-state index is 12.2. The van der Waals surface area contributed by atoms with Crippen LogP contribution in [-0.4, -0.2) is 37.7 Å². The number of nitrogens with zero attached hydrogens (tertiary/aromatic N) is 1. The molecule has 112 valence electrons. The summed E-state index contributed by atoms with van der Waals surface area (Å²) in [6.07, 6.45) is 5.20. The maximum Gasteiger partial charge on any atom is 0.280 e. The van der Waals surface area contributed by atoms with Crippen molar-refractivity contribution in [2.24, 2.45) is 11.7 Å². The van der Waals surface area contributed by atoms with Gasteiger partial charge in [-0.3, -0.25) is 5.41 Å². The predicted molar refractivity (Wildman–Crippen MR) is 77.2 cm³/mol. The van der Waals surface area contributed by atoms with Crippen molar-refractivity contribution in [2.45, 2.75) is 58.0 Å². The molecule has 0 bridgehead atoms. The molecular weight excluding hydrogens is 264 g/mol. The van der Waals surface area contributed by atoms with E-state index in [1.807, 2.05) is 13.8 Å². The normalized spacial score (nSPS) is 19.8. The van der Waals surface area contributed by atoms with Gasteiger partial charge in [-0.25, -0.2) is 0 Å². The topological polar surface area (TPSA) is 99.3 Å². The second-order valence-electron chi connectivity index (χ2n) is 5.56. The standard InChI is InChI=1S/C12H26N4O2S/c1-9(2)16(3)19(17,18)15-11(12(13)14)10-7-5-4-6-8-10/h9-11,15H,4-8H2,1-3H3,(H3,13,14). The van der Waals surface area contributed by atoms with Gasteiger partial charge in [0.15, 0.2) is 0 Å². The zero-order valence-corrected chi connectivity index (χ0v) is 12.8. The van der Waals surface area contributed by atoms with E-state index in [2.05, 4.69) is 4.72 Å². The van der Waals surface area contributed by atoms with E-state index in [9.17, 15) is 8.42 Å². The summed E-state index contributed by atoms with van der Waals surface area (Å²) in [6, 6.07) is -0.706. The number of amidine groups is 1. The average Bonchev–Trinajstić information content (AvgIpc) is 2.35. The van der Waals surface area contributed by atoms with Crippen LogP contribution in [0.25, 0.3) is 0 Å². The van der Waals surface area contributed by atoms with Crippen molar-refractivity contribution in [3.8, 4) is 0 Å². The SMILES string of the molecule is CC(C)N(C)S(=O)(=O)NC(C(=N)N)C1CCCCC1. The van der Waals surface area contributed by atoms with Gasteiger partial charge in [0.2, 0.25) is 0 Å². The van der Waals surface area contributed by atoms with Crippen LogP contribution in [0.3, 0.4) is 0 Å². The van der Waals surface area contributed by atoms with Crippen LogP contribution in [0.4, 0.5) is 0 Å². The van der Waals surface area contributed by atoms with Gasteiger partial charge >= 0.3 is 0 Å². The minimum absolute atomic E-state index is 0.0902. The van der Waals surface area contributed by atoms with Crippen LogP contribution >= 0.6 is 0 Å². The molecule has 6 nitrogen and oxygen atoms in total. The fraction of sp³-hybridized carbons (Fsp3) is 0.917. The quantitative estimate of drug-likeness (QED) is 0.503.